The van der Waals surface area contributed by atoms with Crippen molar-refractivity contribution >= 4 is 22.4 Å². The molecule has 0 saturated heterocycles. The molecule has 1 amide bonds. The third-order valence-electron chi connectivity index (χ3n) is 2.96. The van der Waals surface area contributed by atoms with Gasteiger partial charge in [-0.3, -0.25) is 10.1 Å². The number of nitrogens with zero attached hydrogens (tertiary/aromatic N) is 1. The zero-order chi connectivity index (χ0) is 13.8. The lowest BCUT2D eigenvalue weighted by atomic mass is 10.2. The van der Waals surface area contributed by atoms with Crippen LogP contribution in [0.25, 0.3) is 0 Å². The summed E-state index contributed by atoms with van der Waals surface area (Å²) >= 11 is 1.52. The summed E-state index contributed by atoms with van der Waals surface area (Å²) in [6.07, 6.45) is 0.919. The van der Waals surface area contributed by atoms with Gasteiger partial charge in [-0.1, -0.05) is 18.2 Å². The number of aromatic nitrogens is 1. The summed E-state index contributed by atoms with van der Waals surface area (Å²) in [5.74, 6) is 0.498. The first-order valence-electron chi connectivity index (χ1n) is 6.48. The predicted octanol–water partition coefficient (Wildman–Crippen LogP) is 1.81. The van der Waals surface area contributed by atoms with E-state index in [1.807, 2.05) is 30.3 Å². The number of hydrogen-bond acceptors (Lipinski definition) is 5. The molecule has 104 valence electrons. The molecule has 2 N–H and O–H groups in total. The van der Waals surface area contributed by atoms with E-state index in [1.54, 1.807) is 0 Å². The summed E-state index contributed by atoms with van der Waals surface area (Å²) in [4.78, 5) is 17.5. The van der Waals surface area contributed by atoms with Crippen molar-refractivity contribution in [2.24, 2.45) is 0 Å². The zero-order valence-electron chi connectivity index (χ0n) is 10.9. The highest BCUT2D eigenvalue weighted by atomic mass is 32.1. The van der Waals surface area contributed by atoms with Gasteiger partial charge in [0.05, 0.1) is 5.69 Å². The van der Waals surface area contributed by atoms with Gasteiger partial charge in [0.2, 0.25) is 0 Å². The predicted molar refractivity (Wildman–Crippen MR) is 78.1 cm³/mol. The Balaban J connectivity index is 1.55. The van der Waals surface area contributed by atoms with Gasteiger partial charge in [-0.25, -0.2) is 4.98 Å². The summed E-state index contributed by atoms with van der Waals surface area (Å²) in [7, 11) is 0. The molecular weight excluding hydrogens is 274 g/mol. The number of carbonyl (C=O) groups is 1. The van der Waals surface area contributed by atoms with E-state index in [9.17, 15) is 4.79 Å². The molecule has 0 bridgehead atoms. The Hall–Kier alpha value is -1.92. The highest BCUT2D eigenvalue weighted by Gasteiger charge is 2.16. The van der Waals surface area contributed by atoms with Crippen LogP contribution in [0.5, 0.6) is 5.75 Å². The lowest BCUT2D eigenvalue weighted by molar-refractivity contribution is -0.118. The van der Waals surface area contributed by atoms with E-state index in [-0.39, 0.29) is 12.5 Å². The van der Waals surface area contributed by atoms with Crippen LogP contribution in [0.1, 0.15) is 10.6 Å². The number of fused-ring (bicyclic) bond motifs is 1. The van der Waals surface area contributed by atoms with E-state index < -0.39 is 0 Å². The number of amides is 1. The van der Waals surface area contributed by atoms with Crippen molar-refractivity contribution in [3.63, 3.8) is 0 Å². The third kappa shape index (κ3) is 3.15. The van der Waals surface area contributed by atoms with Gasteiger partial charge in [0, 0.05) is 24.4 Å². The van der Waals surface area contributed by atoms with Crippen LogP contribution in [-0.4, -0.2) is 24.0 Å². The minimum Gasteiger partial charge on any atom is -0.484 e. The summed E-state index contributed by atoms with van der Waals surface area (Å²) in [6.45, 7) is 1.77. The number of para-hydroxylation sites is 1. The normalized spacial score (nSPS) is 13.6. The first kappa shape index (κ1) is 13.1. The Morgan fingerprint density at radius 1 is 1.40 bits per heavy atom. The molecule has 0 unspecified atom stereocenters. The van der Waals surface area contributed by atoms with Crippen LogP contribution in [0.2, 0.25) is 0 Å². The molecule has 1 aliphatic heterocycles. The van der Waals surface area contributed by atoms with Gasteiger partial charge < -0.3 is 10.1 Å². The van der Waals surface area contributed by atoms with Crippen molar-refractivity contribution in [2.75, 3.05) is 18.5 Å². The number of thiazole rings is 1. The van der Waals surface area contributed by atoms with Gasteiger partial charge in [0.25, 0.3) is 5.91 Å². The SMILES string of the molecule is O=C(COc1ccccc1)Nc1nc2c(s1)CNCC2. The highest BCUT2D eigenvalue weighted by Crippen LogP contribution is 2.25. The average Bonchev–Trinajstić information content (AvgIpc) is 2.88. The van der Waals surface area contributed by atoms with E-state index in [4.69, 9.17) is 4.74 Å². The summed E-state index contributed by atoms with van der Waals surface area (Å²) in [6, 6.07) is 9.29. The maximum absolute atomic E-state index is 11.8. The average molecular weight is 289 g/mol. The lowest BCUT2D eigenvalue weighted by Crippen LogP contribution is -2.22. The Morgan fingerprint density at radius 2 is 2.25 bits per heavy atom. The number of rotatable bonds is 4. The van der Waals surface area contributed by atoms with E-state index in [2.05, 4.69) is 15.6 Å². The quantitative estimate of drug-likeness (QED) is 0.901. The smallest absolute Gasteiger partial charge is 0.264 e. The fourth-order valence-corrected chi connectivity index (χ4v) is 2.99. The third-order valence-corrected chi connectivity index (χ3v) is 3.97. The molecule has 3 rings (SSSR count). The lowest BCUT2D eigenvalue weighted by Gasteiger charge is -2.09. The largest absolute Gasteiger partial charge is 0.484 e. The van der Waals surface area contributed by atoms with Crippen LogP contribution in [0.3, 0.4) is 0 Å². The number of carbonyl (C=O) groups excluding carboxylic acids is 1. The zero-order valence-corrected chi connectivity index (χ0v) is 11.7. The number of anilines is 1. The van der Waals surface area contributed by atoms with E-state index in [0.717, 1.165) is 25.2 Å². The van der Waals surface area contributed by atoms with Crippen molar-refractivity contribution in [1.29, 1.82) is 0 Å². The maximum atomic E-state index is 11.8. The minimum atomic E-state index is -0.187. The van der Waals surface area contributed by atoms with Crippen LogP contribution in [0.15, 0.2) is 30.3 Å². The molecule has 2 heterocycles. The Kier molecular flexibility index (Phi) is 3.94. The van der Waals surface area contributed by atoms with E-state index in [1.165, 1.54) is 16.2 Å². The van der Waals surface area contributed by atoms with Crippen molar-refractivity contribution < 1.29 is 9.53 Å². The fourth-order valence-electron chi connectivity index (χ4n) is 2.00. The fraction of sp³-hybridized carbons (Fsp3) is 0.286. The van der Waals surface area contributed by atoms with Crippen LogP contribution in [0.4, 0.5) is 5.13 Å². The Bertz CT molecular complexity index is 574. The standard InChI is InChI=1S/C14H15N3O2S/c18-13(9-19-10-4-2-1-3-5-10)17-14-16-11-6-7-15-8-12(11)20-14/h1-5,15H,6-9H2,(H,16,17,18). The van der Waals surface area contributed by atoms with Crippen molar-refractivity contribution in [2.45, 2.75) is 13.0 Å². The molecule has 0 spiro atoms. The van der Waals surface area contributed by atoms with Crippen molar-refractivity contribution in [1.82, 2.24) is 10.3 Å². The van der Waals surface area contributed by atoms with Gasteiger partial charge >= 0.3 is 0 Å². The van der Waals surface area contributed by atoms with Crippen LogP contribution < -0.4 is 15.4 Å². The topological polar surface area (TPSA) is 63.2 Å². The first-order valence-corrected chi connectivity index (χ1v) is 7.30. The molecule has 0 radical (unpaired) electrons. The first-order chi connectivity index (χ1) is 9.81. The molecule has 1 aromatic carbocycles. The minimum absolute atomic E-state index is 0.00743. The number of nitrogens with one attached hydrogen (secondary N) is 2. The van der Waals surface area contributed by atoms with E-state index in [0.29, 0.717) is 10.9 Å². The molecule has 20 heavy (non-hydrogen) atoms. The Morgan fingerprint density at radius 3 is 3.05 bits per heavy atom. The molecule has 1 aromatic heterocycles. The van der Waals surface area contributed by atoms with E-state index >= 15 is 0 Å². The molecule has 0 saturated carbocycles. The van der Waals surface area contributed by atoms with Gasteiger partial charge in [-0.15, -0.1) is 11.3 Å². The molecule has 0 aliphatic carbocycles. The summed E-state index contributed by atoms with van der Waals surface area (Å²) < 4.78 is 5.39. The molecule has 1 aliphatic rings. The molecule has 5 nitrogen and oxygen atoms in total. The molecular formula is C14H15N3O2S. The second-order valence-electron chi connectivity index (χ2n) is 4.47. The van der Waals surface area contributed by atoms with Gasteiger partial charge in [0.1, 0.15) is 5.75 Å². The van der Waals surface area contributed by atoms with Crippen molar-refractivity contribution in [3.05, 3.63) is 40.9 Å². The molecule has 2 aromatic rings. The number of hydrogen-bond donors (Lipinski definition) is 2. The second-order valence-corrected chi connectivity index (χ2v) is 5.55. The maximum Gasteiger partial charge on any atom is 0.264 e. The number of benzene rings is 1. The van der Waals surface area contributed by atoms with Crippen molar-refractivity contribution in [3.8, 4) is 5.75 Å². The molecule has 0 atom stereocenters. The second kappa shape index (κ2) is 6.02. The van der Waals surface area contributed by atoms with Gasteiger partial charge in [-0.2, -0.15) is 0 Å². The van der Waals surface area contributed by atoms with Crippen LogP contribution in [-0.2, 0) is 17.8 Å². The monoisotopic (exact) mass is 289 g/mol. The molecule has 6 heteroatoms. The summed E-state index contributed by atoms with van der Waals surface area (Å²) in [5, 5.41) is 6.73. The highest BCUT2D eigenvalue weighted by molar-refractivity contribution is 7.15. The van der Waals surface area contributed by atoms with Gasteiger partial charge in [-0.05, 0) is 12.1 Å². The molecule has 0 fully saturated rings. The van der Waals surface area contributed by atoms with Gasteiger partial charge in [0.15, 0.2) is 11.7 Å². The Labute approximate surface area is 121 Å². The van der Waals surface area contributed by atoms with Crippen LogP contribution in [0, 0.1) is 0 Å². The van der Waals surface area contributed by atoms with Crippen LogP contribution >= 0.6 is 11.3 Å². The number of ether oxygens (including phenoxy) is 1. The summed E-state index contributed by atoms with van der Waals surface area (Å²) in [5.41, 5.74) is 1.09.